The van der Waals surface area contributed by atoms with Gasteiger partial charge in [0, 0.05) is 126 Å². The molecule has 7 aromatic heterocycles. The Kier molecular flexibility index (Phi) is 37.6. The molecule has 670 valence electrons. The summed E-state index contributed by atoms with van der Waals surface area (Å²) in [5, 5.41) is 22.4. The van der Waals surface area contributed by atoms with Crippen LogP contribution in [0.1, 0.15) is 129 Å². The minimum absolute atomic E-state index is 0. The van der Waals surface area contributed by atoms with Crippen LogP contribution in [-0.4, -0.2) is 146 Å². The van der Waals surface area contributed by atoms with E-state index in [0.29, 0.717) is 58.7 Å². The number of carboxylic acids is 1. The van der Waals surface area contributed by atoms with Crippen molar-refractivity contribution in [3.63, 3.8) is 0 Å². The predicted molar refractivity (Wildman–Crippen MR) is 468 cm³/mol. The fraction of sp³-hybridized carbons (Fsp3) is 0.253. The first-order valence-corrected chi connectivity index (χ1v) is 41.2. The van der Waals surface area contributed by atoms with Crippen LogP contribution in [0.5, 0.6) is 0 Å². The number of nitrogens with zero attached hydrogens (tertiary/aromatic N) is 14. The summed E-state index contributed by atoms with van der Waals surface area (Å²) in [5.74, 6) is -2.43. The molecule has 6 N–H and O–H groups in total. The summed E-state index contributed by atoms with van der Waals surface area (Å²) in [7, 11) is 7.99. The normalized spacial score (nSPS) is 11.4. The molecule has 0 aliphatic carbocycles. The number of imidazole rings is 7. The molecule has 1 unspecified atom stereocenters. The number of rotatable bonds is 20. The Balaban J connectivity index is 0.000000196. The number of halogens is 12. The van der Waals surface area contributed by atoms with Gasteiger partial charge in [0.2, 0.25) is 0 Å². The van der Waals surface area contributed by atoms with E-state index in [4.69, 9.17) is 24.9 Å². The third kappa shape index (κ3) is 26.7. The molecule has 28 nitrogen and oxygen atoms in total. The van der Waals surface area contributed by atoms with E-state index >= 15 is 8.78 Å². The second-order valence-corrected chi connectivity index (χ2v) is 33.6. The van der Waals surface area contributed by atoms with Crippen LogP contribution in [0, 0.1) is 46.5 Å². The van der Waals surface area contributed by atoms with Crippen molar-refractivity contribution in [3.05, 3.63) is 310 Å². The van der Waals surface area contributed by atoms with E-state index in [1.54, 1.807) is 115 Å². The SMILES string of the molecule is CC(C)(C)OCCON.COC(=O)c1cc2c(ncn2C)c(F)c1Cc1ccc(Br)cc1F.Cn1cnc2c(F)c(Cc3ccc(Br)cc3F)c(C(=O)NOCCOC(C)(C)C)cc21.Cn1cnc2c(F)c(Cc3ccc(Br)cc3F)c(C(=O)O)cc21.Cn1cnc2c(F)c(Cc3ccc(Br)cc3F)c(C([O-])n3ccnc3)cc21.O.O=C(n1ccnc1)n1ccnc1.[K+]. The van der Waals surface area contributed by atoms with Gasteiger partial charge >= 0.3 is 69.4 Å². The van der Waals surface area contributed by atoms with Crippen molar-refractivity contribution in [2.24, 2.45) is 34.1 Å². The van der Waals surface area contributed by atoms with Crippen LogP contribution >= 0.6 is 63.7 Å². The number of carbonyl (C=O) groups is 4. The molecule has 0 radical (unpaired) electrons. The monoisotopic (exact) mass is 2050 g/mol. The number of hydrogen-bond acceptors (Lipinski definition) is 18. The van der Waals surface area contributed by atoms with Gasteiger partial charge in [-0.1, -0.05) is 88.0 Å². The summed E-state index contributed by atoms with van der Waals surface area (Å²) < 4.78 is 145. The first-order chi connectivity index (χ1) is 59.8. The van der Waals surface area contributed by atoms with Crippen LogP contribution in [0.4, 0.5) is 39.9 Å². The van der Waals surface area contributed by atoms with E-state index < -0.39 is 70.6 Å². The van der Waals surface area contributed by atoms with Gasteiger partial charge in [0.15, 0.2) is 23.3 Å². The summed E-state index contributed by atoms with van der Waals surface area (Å²) in [5.41, 5.74) is 5.53. The van der Waals surface area contributed by atoms with Crippen LogP contribution in [-0.2, 0) is 77.8 Å². The van der Waals surface area contributed by atoms with Gasteiger partial charge in [-0.3, -0.25) is 18.8 Å². The van der Waals surface area contributed by atoms with Gasteiger partial charge in [-0.25, -0.2) is 95.8 Å². The Hall–Kier alpha value is -9.93. The minimum atomic E-state index is -1.41. The number of amides is 1. The Bertz CT molecular complexity index is 6350. The Morgan fingerprint density at radius 3 is 1.15 bits per heavy atom. The van der Waals surface area contributed by atoms with Gasteiger partial charge in [-0.15, -0.1) is 0 Å². The molecule has 15 aromatic rings. The van der Waals surface area contributed by atoms with Crippen LogP contribution in [0.3, 0.4) is 0 Å². The molecule has 8 aromatic carbocycles. The van der Waals surface area contributed by atoms with E-state index in [9.17, 15) is 55.7 Å². The molecule has 0 saturated heterocycles. The van der Waals surface area contributed by atoms with Crippen LogP contribution in [0.25, 0.3) is 44.1 Å². The Morgan fingerprint density at radius 1 is 0.469 bits per heavy atom. The van der Waals surface area contributed by atoms with E-state index in [0.717, 1.165) is 0 Å². The first-order valence-electron chi connectivity index (χ1n) is 38.0. The largest absolute Gasteiger partial charge is 1.00 e. The molecule has 0 saturated carbocycles. The van der Waals surface area contributed by atoms with Crippen LogP contribution < -0.4 is 67.9 Å². The third-order valence-electron chi connectivity index (χ3n) is 18.8. The number of benzene rings is 8. The molecule has 41 heteroatoms. The number of hydrogen-bond donors (Lipinski definition) is 3. The molecule has 1 atom stereocenters. The van der Waals surface area contributed by atoms with Crippen LogP contribution in [0.2, 0.25) is 0 Å². The summed E-state index contributed by atoms with van der Waals surface area (Å²) in [6, 6.07) is 23.8. The molecule has 0 aliphatic heterocycles. The molecule has 0 spiro atoms. The topological polar surface area (TPSA) is 352 Å². The number of carbonyl (C=O) groups excluding carboxylic acids is 3. The van der Waals surface area contributed by atoms with Crippen molar-refractivity contribution in [2.75, 3.05) is 33.5 Å². The second-order valence-electron chi connectivity index (χ2n) is 29.9. The molecule has 0 fully saturated rings. The quantitative estimate of drug-likeness (QED) is 0.0210. The van der Waals surface area contributed by atoms with Crippen molar-refractivity contribution in [3.8, 4) is 0 Å². The van der Waals surface area contributed by atoms with Crippen molar-refractivity contribution in [1.82, 2.24) is 72.3 Å². The van der Waals surface area contributed by atoms with Gasteiger partial charge in [-0.2, -0.15) is 0 Å². The third-order valence-corrected chi connectivity index (χ3v) is 20.8. The van der Waals surface area contributed by atoms with Gasteiger partial charge in [0.05, 0.1) is 115 Å². The fourth-order valence-corrected chi connectivity index (χ4v) is 13.8. The molecule has 15 rings (SSSR count). The molecule has 1 amide bonds. The molecule has 0 aliphatic rings. The average Bonchev–Trinajstić information content (AvgIpc) is 1.36. The van der Waals surface area contributed by atoms with Crippen molar-refractivity contribution in [2.45, 2.75) is 84.7 Å². The van der Waals surface area contributed by atoms with Crippen LogP contribution in [0.15, 0.2) is 196 Å². The Morgan fingerprint density at radius 2 is 0.805 bits per heavy atom. The van der Waals surface area contributed by atoms with E-state index in [1.165, 1.54) is 131 Å². The van der Waals surface area contributed by atoms with Gasteiger partial charge in [-0.05, 0) is 154 Å². The zero-order chi connectivity index (χ0) is 91.8. The number of hydroxylamine groups is 1. The summed E-state index contributed by atoms with van der Waals surface area (Å²) in [6.07, 6.45) is 17.5. The van der Waals surface area contributed by atoms with Crippen molar-refractivity contribution in [1.29, 1.82) is 0 Å². The number of aryl methyl sites for hydroxylation is 4. The maximum absolute atomic E-state index is 15.3. The van der Waals surface area contributed by atoms with Gasteiger partial charge < -0.3 is 57.6 Å². The number of carboxylic acid groups (broad SMARTS) is 1. The number of nitrogens with one attached hydrogen (secondary N) is 1. The smallest absolute Gasteiger partial charge is 0.832 e. The number of nitrogens with two attached hydrogens (primary N) is 1. The minimum Gasteiger partial charge on any atom is -0.832 e. The van der Waals surface area contributed by atoms with E-state index in [-0.39, 0.29) is 196 Å². The zero-order valence-corrected chi connectivity index (χ0v) is 80.3. The molecule has 0 bridgehead atoms. The number of aromatic nitrogens is 14. The van der Waals surface area contributed by atoms with Gasteiger partial charge in [0.25, 0.3) is 5.91 Å². The maximum atomic E-state index is 15.3. The molecule has 7 heterocycles. The standard InChI is InChI=1S/C22H24BrF2N3O3.C19H14BrF2N4O.C17H13BrF2N2O2.C16H11BrF2N2O2.C7H6N4O.C6H15NO2.K.H2O/c1-22(2,3)30-7-8-31-27-21(29)16-11-18-20(26-12-28(18)4)19(25)15(16)9-13-5-6-14(23)10-17(13)24;1-25-10-24-18-16(25)8-14(19(27)26-5-4-23-9-26)13(17(18)22)6-11-2-3-12(20)7-15(11)21;1-22-8-21-16-14(22)7-12(17(23)24-2)11(15(16)20)5-9-3-4-10(18)6-13(9)19;1-21-7-20-15-13(21)6-11(16(22)23)10(14(15)19)4-8-2-3-9(17)5-12(8)18;12-7(10-3-1-8-5-10)11-4-2-9-6-11;1-6(2,3)8-4-5-9-7;;/h5-6,10-12H,7-9H2,1-4H3,(H,27,29);2-5,7-10,19H,6H2,1H3;3-4,6-8H,5H2,1-2H3;2-3,5-7H,4H2,1H3,(H,22,23);1-6H;4-5,7H2,1-3H3;;1H2/q;-1;;;;;+1;. The van der Waals surface area contributed by atoms with E-state index in [1.807, 2.05) is 41.5 Å². The summed E-state index contributed by atoms with van der Waals surface area (Å²) in [4.78, 5) is 84.8. The van der Waals surface area contributed by atoms with Crippen molar-refractivity contribution >= 4 is 132 Å². The summed E-state index contributed by atoms with van der Waals surface area (Å²) in [6.45, 7) is 13.1. The number of methoxy groups -OCH3 is 1. The predicted octanol–water partition coefficient (Wildman–Crippen LogP) is 13.4. The second kappa shape index (κ2) is 46.5. The fourth-order valence-electron chi connectivity index (χ4n) is 12.5. The van der Waals surface area contributed by atoms with E-state index in [2.05, 4.69) is 109 Å². The number of ether oxygens (including phenoxy) is 3. The molecule has 128 heavy (non-hydrogen) atoms. The number of esters is 1. The number of fused-ring (bicyclic) bond motifs is 4. The zero-order valence-electron chi connectivity index (χ0n) is 70.9. The Labute approximate surface area is 804 Å². The molecular weight excluding hydrogens is 1970 g/mol. The van der Waals surface area contributed by atoms with Crippen molar-refractivity contribution < 1.29 is 145 Å². The molecular formula is C87H85Br4F8KN16O12. The first kappa shape index (κ1) is 103. The summed E-state index contributed by atoms with van der Waals surface area (Å²) >= 11 is 12.7. The number of aromatic carboxylic acids is 1. The van der Waals surface area contributed by atoms with Gasteiger partial charge in [0.1, 0.15) is 58.0 Å². The maximum Gasteiger partial charge on any atom is 1.00 e. The average molecular weight is 2060 g/mol.